The van der Waals surface area contributed by atoms with E-state index < -0.39 is 5.79 Å². The van der Waals surface area contributed by atoms with Gasteiger partial charge in [-0.3, -0.25) is 0 Å². The molecule has 1 aromatic carbocycles. The van der Waals surface area contributed by atoms with Crippen LogP contribution in [0.25, 0.3) is 0 Å². The number of likely N-dealkylation sites (N-methyl/N-ethyl adjacent to an activating group) is 1. The zero-order valence-corrected chi connectivity index (χ0v) is 12.6. The summed E-state index contributed by atoms with van der Waals surface area (Å²) in [6.07, 6.45) is 2.61. The van der Waals surface area contributed by atoms with Gasteiger partial charge in [0.1, 0.15) is 6.10 Å². The number of benzene rings is 1. The highest BCUT2D eigenvalue weighted by atomic mass is 16.7. The fourth-order valence-corrected chi connectivity index (χ4v) is 3.20. The molecule has 5 heteroatoms. The molecule has 2 fully saturated rings. The molecule has 2 unspecified atom stereocenters. The highest BCUT2D eigenvalue weighted by Gasteiger charge is 2.46. The van der Waals surface area contributed by atoms with Gasteiger partial charge < -0.3 is 24.3 Å². The summed E-state index contributed by atoms with van der Waals surface area (Å²) >= 11 is 0. The van der Waals surface area contributed by atoms with Crippen molar-refractivity contribution in [3.05, 3.63) is 24.3 Å². The van der Waals surface area contributed by atoms with E-state index in [1.165, 1.54) is 0 Å². The normalized spacial score (nSPS) is 27.7. The average molecular weight is 293 g/mol. The average Bonchev–Trinajstić information content (AvgIpc) is 2.96. The molecule has 1 saturated heterocycles. The Labute approximate surface area is 125 Å². The third-order valence-electron chi connectivity index (χ3n) is 4.33. The molecule has 1 aromatic rings. The molecule has 116 valence electrons. The molecule has 2 aliphatic rings. The van der Waals surface area contributed by atoms with Crippen LogP contribution in [-0.2, 0) is 9.47 Å². The number of ether oxygens (including phenoxy) is 4. The molecular weight excluding hydrogens is 270 g/mol. The van der Waals surface area contributed by atoms with Crippen molar-refractivity contribution in [2.24, 2.45) is 0 Å². The summed E-state index contributed by atoms with van der Waals surface area (Å²) in [5.74, 6) is 1.06. The smallest absolute Gasteiger partial charge is 0.172 e. The predicted molar refractivity (Wildman–Crippen MR) is 78.7 cm³/mol. The number of hydrogen-bond donors (Lipinski definition) is 1. The zero-order chi connectivity index (χ0) is 14.7. The van der Waals surface area contributed by atoms with Gasteiger partial charge in [-0.2, -0.15) is 0 Å². The Balaban J connectivity index is 1.77. The number of methoxy groups -OCH3 is 1. The fraction of sp³-hybridized carbons (Fsp3) is 0.625. The zero-order valence-electron chi connectivity index (χ0n) is 12.6. The summed E-state index contributed by atoms with van der Waals surface area (Å²) < 4.78 is 23.3. The summed E-state index contributed by atoms with van der Waals surface area (Å²) in [7, 11) is 3.63. The third kappa shape index (κ3) is 3.00. The minimum atomic E-state index is -0.458. The van der Waals surface area contributed by atoms with E-state index in [1.807, 2.05) is 31.3 Å². The molecule has 5 nitrogen and oxygen atoms in total. The summed E-state index contributed by atoms with van der Waals surface area (Å²) in [5, 5.41) is 3.34. The molecule has 1 N–H and O–H groups in total. The topological polar surface area (TPSA) is 49.0 Å². The number of hydrogen-bond acceptors (Lipinski definition) is 5. The molecule has 2 atom stereocenters. The first-order valence-corrected chi connectivity index (χ1v) is 7.51. The molecule has 1 spiro atoms. The Kier molecular flexibility index (Phi) is 4.33. The molecule has 1 aliphatic heterocycles. The maximum Gasteiger partial charge on any atom is 0.172 e. The largest absolute Gasteiger partial charge is 0.493 e. The highest BCUT2D eigenvalue weighted by molar-refractivity contribution is 5.39. The highest BCUT2D eigenvalue weighted by Crippen LogP contribution is 2.38. The first-order chi connectivity index (χ1) is 10.3. The Hall–Kier alpha value is -1.30. The van der Waals surface area contributed by atoms with E-state index in [2.05, 4.69) is 5.32 Å². The summed E-state index contributed by atoms with van der Waals surface area (Å²) in [4.78, 5) is 0. The van der Waals surface area contributed by atoms with Crippen LogP contribution in [0.2, 0.25) is 0 Å². The van der Waals surface area contributed by atoms with Gasteiger partial charge in [0.2, 0.25) is 0 Å². The number of rotatable bonds is 4. The van der Waals surface area contributed by atoms with Crippen LogP contribution in [0.4, 0.5) is 0 Å². The minimum Gasteiger partial charge on any atom is -0.493 e. The van der Waals surface area contributed by atoms with Crippen LogP contribution in [0.15, 0.2) is 24.3 Å². The number of nitrogens with one attached hydrogen (secondary N) is 1. The lowest BCUT2D eigenvalue weighted by atomic mass is 9.87. The van der Waals surface area contributed by atoms with Crippen LogP contribution >= 0.6 is 0 Å². The van der Waals surface area contributed by atoms with Crippen LogP contribution < -0.4 is 14.8 Å². The van der Waals surface area contributed by atoms with Gasteiger partial charge in [-0.05, 0) is 25.6 Å². The molecule has 1 saturated carbocycles. The van der Waals surface area contributed by atoms with Crippen LogP contribution in [0, 0.1) is 0 Å². The first kappa shape index (κ1) is 14.6. The van der Waals surface area contributed by atoms with E-state index in [9.17, 15) is 0 Å². The van der Waals surface area contributed by atoms with Crippen molar-refractivity contribution in [1.29, 1.82) is 0 Å². The monoisotopic (exact) mass is 293 g/mol. The molecule has 1 aliphatic carbocycles. The molecule has 0 amide bonds. The summed E-state index contributed by atoms with van der Waals surface area (Å²) in [6.45, 7) is 1.34. The second-order valence-corrected chi connectivity index (χ2v) is 5.55. The lowest BCUT2D eigenvalue weighted by Gasteiger charge is -2.40. The Morgan fingerprint density at radius 2 is 1.90 bits per heavy atom. The lowest BCUT2D eigenvalue weighted by molar-refractivity contribution is -0.196. The van der Waals surface area contributed by atoms with Crippen molar-refractivity contribution >= 4 is 0 Å². The van der Waals surface area contributed by atoms with E-state index in [1.54, 1.807) is 7.11 Å². The standard InChI is InChI=1S/C16H23NO4/c1-17-12-7-8-16(19-9-10-20-16)11-15(12)21-14-6-4-3-5-13(14)18-2/h3-6,12,15,17H,7-11H2,1-2H3. The molecule has 0 bridgehead atoms. The lowest BCUT2D eigenvalue weighted by Crippen LogP contribution is -2.52. The van der Waals surface area contributed by atoms with Gasteiger partial charge in [-0.25, -0.2) is 0 Å². The molecule has 1 heterocycles. The minimum absolute atomic E-state index is 0.00171. The van der Waals surface area contributed by atoms with E-state index >= 15 is 0 Å². The predicted octanol–water partition coefficient (Wildman–Crippen LogP) is 1.96. The van der Waals surface area contributed by atoms with Gasteiger partial charge in [0.15, 0.2) is 17.3 Å². The van der Waals surface area contributed by atoms with E-state index in [0.29, 0.717) is 13.2 Å². The number of para-hydroxylation sites is 2. The van der Waals surface area contributed by atoms with Gasteiger partial charge in [-0.15, -0.1) is 0 Å². The van der Waals surface area contributed by atoms with E-state index in [4.69, 9.17) is 18.9 Å². The summed E-state index contributed by atoms with van der Waals surface area (Å²) in [5.41, 5.74) is 0. The summed E-state index contributed by atoms with van der Waals surface area (Å²) in [6, 6.07) is 8.02. The van der Waals surface area contributed by atoms with Crippen LogP contribution in [0.1, 0.15) is 19.3 Å². The van der Waals surface area contributed by atoms with Gasteiger partial charge in [-0.1, -0.05) is 12.1 Å². The van der Waals surface area contributed by atoms with Gasteiger partial charge in [0, 0.05) is 18.9 Å². The third-order valence-corrected chi connectivity index (χ3v) is 4.33. The molecule has 21 heavy (non-hydrogen) atoms. The SMILES string of the molecule is CNC1CCC2(CC1Oc1ccccc1OC)OCCO2. The molecular formula is C16H23NO4. The van der Waals surface area contributed by atoms with Crippen LogP contribution in [-0.4, -0.2) is 45.3 Å². The van der Waals surface area contributed by atoms with E-state index in [0.717, 1.165) is 30.8 Å². The molecule has 0 radical (unpaired) electrons. The molecule has 3 rings (SSSR count). The Morgan fingerprint density at radius 3 is 2.57 bits per heavy atom. The van der Waals surface area contributed by atoms with Gasteiger partial charge >= 0.3 is 0 Å². The molecule has 0 aromatic heterocycles. The fourth-order valence-electron chi connectivity index (χ4n) is 3.20. The second kappa shape index (κ2) is 6.22. The van der Waals surface area contributed by atoms with Crippen LogP contribution in [0.3, 0.4) is 0 Å². The maximum atomic E-state index is 6.22. The first-order valence-electron chi connectivity index (χ1n) is 7.51. The van der Waals surface area contributed by atoms with Crippen molar-refractivity contribution in [2.75, 3.05) is 27.4 Å². The van der Waals surface area contributed by atoms with Crippen molar-refractivity contribution < 1.29 is 18.9 Å². The second-order valence-electron chi connectivity index (χ2n) is 5.55. The Bertz CT molecular complexity index is 473. The van der Waals surface area contributed by atoms with E-state index in [-0.39, 0.29) is 12.1 Å². The maximum absolute atomic E-state index is 6.22. The van der Waals surface area contributed by atoms with Crippen molar-refractivity contribution in [1.82, 2.24) is 5.32 Å². The van der Waals surface area contributed by atoms with Gasteiger partial charge in [0.05, 0.1) is 20.3 Å². The van der Waals surface area contributed by atoms with Crippen molar-refractivity contribution in [3.8, 4) is 11.5 Å². The van der Waals surface area contributed by atoms with Crippen LogP contribution in [0.5, 0.6) is 11.5 Å². The van der Waals surface area contributed by atoms with Crippen molar-refractivity contribution in [3.63, 3.8) is 0 Å². The Morgan fingerprint density at radius 1 is 1.19 bits per heavy atom. The van der Waals surface area contributed by atoms with Crippen molar-refractivity contribution in [2.45, 2.75) is 37.2 Å². The quantitative estimate of drug-likeness (QED) is 0.919. The van der Waals surface area contributed by atoms with Gasteiger partial charge in [0.25, 0.3) is 0 Å².